The minimum absolute atomic E-state index is 0.0622. The van der Waals surface area contributed by atoms with Crippen LogP contribution < -0.4 is 10.6 Å². The minimum atomic E-state index is -0.519. The molecule has 1 aliphatic rings. The van der Waals surface area contributed by atoms with Gasteiger partial charge in [-0.15, -0.1) is 10.2 Å². The maximum atomic E-state index is 14.1. The van der Waals surface area contributed by atoms with E-state index >= 15 is 0 Å². The highest BCUT2D eigenvalue weighted by molar-refractivity contribution is 7.15. The number of hydrogen-bond acceptors (Lipinski definition) is 8. The Morgan fingerprint density at radius 1 is 1.47 bits per heavy atom. The molecule has 1 fully saturated rings. The van der Waals surface area contributed by atoms with E-state index in [2.05, 4.69) is 37.5 Å². The molecular formula is C19H21FN6O3S. The number of anilines is 2. The number of carbonyl (C=O) groups is 1. The third kappa shape index (κ3) is 5.91. The monoisotopic (exact) mass is 432 g/mol. The van der Waals surface area contributed by atoms with E-state index in [4.69, 9.17) is 9.47 Å². The van der Waals surface area contributed by atoms with Crippen molar-refractivity contribution >= 4 is 41.1 Å². The Bertz CT molecular complexity index is 955. The van der Waals surface area contributed by atoms with Gasteiger partial charge in [0.25, 0.3) is 0 Å². The second kappa shape index (κ2) is 10.6. The molecule has 1 aromatic carbocycles. The van der Waals surface area contributed by atoms with Crippen molar-refractivity contribution in [1.29, 1.82) is 0 Å². The highest BCUT2D eigenvalue weighted by Crippen LogP contribution is 2.31. The summed E-state index contributed by atoms with van der Waals surface area (Å²) in [5.41, 5.74) is 0.624. The lowest BCUT2D eigenvalue weighted by atomic mass is 10.2. The molecule has 0 bridgehead atoms. The van der Waals surface area contributed by atoms with E-state index in [0.29, 0.717) is 17.4 Å². The number of ether oxygens (including phenoxy) is 2. The van der Waals surface area contributed by atoms with Gasteiger partial charge in [0, 0.05) is 24.1 Å². The third-order valence-electron chi connectivity index (χ3n) is 4.04. The van der Waals surface area contributed by atoms with Crippen LogP contribution in [0.5, 0.6) is 0 Å². The van der Waals surface area contributed by atoms with Gasteiger partial charge in [0.05, 0.1) is 6.20 Å². The van der Waals surface area contributed by atoms with E-state index in [9.17, 15) is 9.18 Å². The number of aromatic nitrogens is 2. The largest absolute Gasteiger partial charge is 0.472 e. The fourth-order valence-electron chi connectivity index (χ4n) is 2.62. The normalized spacial score (nSPS) is 16.6. The number of nitrogens with zero attached hydrogens (tertiary/aromatic N) is 4. The number of benzene rings is 1. The fourth-order valence-corrected chi connectivity index (χ4v) is 3.45. The lowest BCUT2D eigenvalue weighted by Gasteiger charge is -2.10. The third-order valence-corrected chi connectivity index (χ3v) is 4.97. The number of urea groups is 1. The molecule has 0 radical (unpaired) electrons. The van der Waals surface area contributed by atoms with Crippen molar-refractivity contribution in [2.45, 2.75) is 32.5 Å². The van der Waals surface area contributed by atoms with Crippen LogP contribution >= 0.6 is 11.3 Å². The molecule has 1 aliphatic heterocycles. The number of carbonyl (C=O) groups excluding carboxylic acids is 1. The summed E-state index contributed by atoms with van der Waals surface area (Å²) >= 11 is 1.26. The van der Waals surface area contributed by atoms with Crippen molar-refractivity contribution < 1.29 is 18.7 Å². The lowest BCUT2D eigenvalue weighted by Crippen LogP contribution is -2.19. The number of hydrogen-bond donors (Lipinski definition) is 2. The van der Waals surface area contributed by atoms with E-state index in [1.165, 1.54) is 35.7 Å². The van der Waals surface area contributed by atoms with Crippen molar-refractivity contribution in [3.8, 4) is 0 Å². The summed E-state index contributed by atoms with van der Waals surface area (Å²) < 4.78 is 25.0. The molecular weight excluding hydrogens is 411 g/mol. The molecule has 2 aromatic rings. The second-order valence-corrected chi connectivity index (χ2v) is 7.16. The van der Waals surface area contributed by atoms with Crippen LogP contribution in [0.15, 0.2) is 40.3 Å². The van der Waals surface area contributed by atoms with Gasteiger partial charge in [-0.1, -0.05) is 11.3 Å². The van der Waals surface area contributed by atoms with E-state index < -0.39 is 11.8 Å². The summed E-state index contributed by atoms with van der Waals surface area (Å²) in [4.78, 5) is 19.8. The molecule has 2 heterocycles. The molecule has 1 aromatic heterocycles. The van der Waals surface area contributed by atoms with Crippen LogP contribution in [0, 0.1) is 5.82 Å². The summed E-state index contributed by atoms with van der Waals surface area (Å²) in [6.07, 6.45) is 4.74. The van der Waals surface area contributed by atoms with Crippen LogP contribution in [-0.2, 0) is 16.1 Å². The zero-order valence-electron chi connectivity index (χ0n) is 16.3. The van der Waals surface area contributed by atoms with Crippen molar-refractivity contribution in [2.24, 2.45) is 9.98 Å². The molecule has 1 atom stereocenters. The highest BCUT2D eigenvalue weighted by atomic mass is 32.1. The zero-order valence-corrected chi connectivity index (χ0v) is 17.1. The van der Waals surface area contributed by atoms with Crippen LogP contribution in [0.4, 0.5) is 20.0 Å². The van der Waals surface area contributed by atoms with Gasteiger partial charge in [-0.3, -0.25) is 10.3 Å². The molecule has 3 rings (SSSR count). The Morgan fingerprint density at radius 2 is 2.33 bits per heavy atom. The van der Waals surface area contributed by atoms with Crippen molar-refractivity contribution in [3.63, 3.8) is 0 Å². The van der Waals surface area contributed by atoms with Gasteiger partial charge >= 0.3 is 6.03 Å². The first-order valence-corrected chi connectivity index (χ1v) is 9.99. The van der Waals surface area contributed by atoms with Gasteiger partial charge in [-0.05, 0) is 44.7 Å². The molecule has 11 heteroatoms. The lowest BCUT2D eigenvalue weighted by molar-refractivity contribution is 0.111. The maximum absolute atomic E-state index is 14.1. The molecule has 30 heavy (non-hydrogen) atoms. The minimum Gasteiger partial charge on any atom is -0.472 e. The first kappa shape index (κ1) is 21.5. The number of halogens is 1. The average Bonchev–Trinajstić information content (AvgIpc) is 3.42. The van der Waals surface area contributed by atoms with Crippen LogP contribution in [0.3, 0.4) is 0 Å². The van der Waals surface area contributed by atoms with Crippen molar-refractivity contribution in [2.75, 3.05) is 17.2 Å². The zero-order chi connectivity index (χ0) is 21.3. The molecule has 158 valence electrons. The van der Waals surface area contributed by atoms with Crippen molar-refractivity contribution in [1.82, 2.24) is 10.2 Å². The van der Waals surface area contributed by atoms with Crippen LogP contribution in [0.2, 0.25) is 0 Å². The molecule has 0 aliphatic carbocycles. The van der Waals surface area contributed by atoms with E-state index in [1.807, 2.05) is 0 Å². The number of nitrogens with one attached hydrogen (secondary N) is 2. The smallest absolute Gasteiger partial charge is 0.325 e. The van der Waals surface area contributed by atoms with Gasteiger partial charge < -0.3 is 14.8 Å². The Kier molecular flexibility index (Phi) is 7.57. The summed E-state index contributed by atoms with van der Waals surface area (Å²) in [6.45, 7) is 5.72. The summed E-state index contributed by atoms with van der Waals surface area (Å²) in [7, 11) is 0. The van der Waals surface area contributed by atoms with E-state index in [1.54, 1.807) is 13.1 Å². The van der Waals surface area contributed by atoms with Gasteiger partial charge in [0.2, 0.25) is 11.0 Å². The molecule has 1 saturated heterocycles. The van der Waals surface area contributed by atoms with Gasteiger partial charge in [0.1, 0.15) is 23.5 Å². The van der Waals surface area contributed by atoms with E-state index in [-0.39, 0.29) is 24.2 Å². The Morgan fingerprint density at radius 3 is 3.07 bits per heavy atom. The predicted octanol–water partition coefficient (Wildman–Crippen LogP) is 4.28. The molecule has 2 amide bonds. The quantitative estimate of drug-likeness (QED) is 0.478. The summed E-state index contributed by atoms with van der Waals surface area (Å²) in [5, 5.41) is 14.4. The topological polar surface area (TPSA) is 110 Å². The van der Waals surface area contributed by atoms with Crippen molar-refractivity contribution in [3.05, 3.63) is 46.7 Å². The van der Waals surface area contributed by atoms with Crippen LogP contribution in [-0.4, -0.2) is 35.8 Å². The van der Waals surface area contributed by atoms with Crippen LogP contribution in [0.1, 0.15) is 36.4 Å². The Labute approximate surface area is 176 Å². The molecule has 2 N–H and O–H groups in total. The Hall–Kier alpha value is -3.18. The number of amides is 2. The summed E-state index contributed by atoms with van der Waals surface area (Å²) in [5.74, 6) is -0.324. The van der Waals surface area contributed by atoms with Crippen LogP contribution in [0.25, 0.3) is 0 Å². The Balaban J connectivity index is 1.59. The fraction of sp³-hybridized carbons (Fsp3) is 0.316. The highest BCUT2D eigenvalue weighted by Gasteiger charge is 2.22. The standard InChI is InChI=1S/C19H21FN6O3S/c1-3-22-10-16(21-2)29-11-12-9-13(6-7-14(12)20)23-18(27)24-19-26-25-17(30-19)15-5-4-8-28-15/h3,6-7,9-10,15H,2,4-5,8,11H2,1H3,(H2,23,24,26,27)/b16-10+,22-3?. The first-order valence-electron chi connectivity index (χ1n) is 9.18. The maximum Gasteiger partial charge on any atom is 0.325 e. The van der Waals surface area contributed by atoms with Gasteiger partial charge in [0.15, 0.2) is 0 Å². The SMILES string of the molecule is C=N/C(=C\N=CC)OCc1cc(NC(=O)Nc2nnc(C3CCCO3)s2)ccc1F. The molecule has 0 saturated carbocycles. The first-order chi connectivity index (χ1) is 14.6. The summed E-state index contributed by atoms with van der Waals surface area (Å²) in [6, 6.07) is 3.63. The molecule has 0 spiro atoms. The average molecular weight is 432 g/mol. The number of rotatable bonds is 8. The van der Waals surface area contributed by atoms with E-state index in [0.717, 1.165) is 17.8 Å². The molecule has 1 unspecified atom stereocenters. The predicted molar refractivity (Wildman–Crippen MR) is 113 cm³/mol. The van der Waals surface area contributed by atoms with Gasteiger partial charge in [-0.25, -0.2) is 14.2 Å². The van der Waals surface area contributed by atoms with Gasteiger partial charge in [-0.2, -0.15) is 0 Å². The molecule has 9 nitrogen and oxygen atoms in total. The second-order valence-electron chi connectivity index (χ2n) is 6.15. The number of aliphatic imine (C=N–C) groups is 2.